The number of nitrogens with zero attached hydrogens (tertiary/aromatic N) is 1. The first kappa shape index (κ1) is 146. The Morgan fingerprint density at radius 2 is 0.727 bits per heavy atom. The number of rotatable bonds is 0. The Balaban J connectivity index is -0.00000000214. The Bertz CT molecular complexity index is 32.5. The molecule has 0 atom stereocenters. The maximum absolute atomic E-state index is 8.25. The second-order valence-corrected chi connectivity index (χ2v) is 0.224. The molecule has 0 aliphatic carbocycles. The fourth-order valence-electron chi connectivity index (χ4n) is 0. The van der Waals surface area contributed by atoms with E-state index >= 15 is 0 Å². The van der Waals surface area contributed by atoms with Gasteiger partial charge in [-0.15, -0.1) is 0 Å². The Morgan fingerprint density at radius 3 is 0.727 bits per heavy atom. The van der Waals surface area contributed by atoms with Gasteiger partial charge in [-0.05, 0) is 0 Å². The summed E-state index contributed by atoms with van der Waals surface area (Å²) in [5.74, 6) is 0. The van der Waals surface area contributed by atoms with Crippen molar-refractivity contribution in [3.8, 4) is 0 Å². The molecule has 0 bridgehead atoms. The molecule has 11 heavy (non-hydrogen) atoms. The second-order valence-electron chi connectivity index (χ2n) is 0.224. The average Bonchev–Trinajstić information content (AvgIpc) is 0.811. The van der Waals surface area contributed by atoms with Crippen LogP contribution in [0, 0.1) is 15.3 Å². The Morgan fingerprint density at radius 1 is 0.727 bits per heavy atom. The zero-order valence-corrected chi connectivity index (χ0v) is 6.76. The van der Waals surface area contributed by atoms with Crippen LogP contribution in [-0.4, -0.2) is 37.9 Å². The van der Waals surface area contributed by atoms with Gasteiger partial charge in [0.05, 0.1) is 5.09 Å². The summed E-state index contributed by atoms with van der Waals surface area (Å²) in [7, 11) is 0. The molecule has 0 fully saturated rings. The van der Waals surface area contributed by atoms with Gasteiger partial charge in [0.25, 0.3) is 0 Å². The van der Waals surface area contributed by atoms with Gasteiger partial charge in [0.15, 0.2) is 0 Å². The number of hydrogen-bond acceptors (Lipinski definition) is 3. The molecule has 0 saturated carbocycles. The van der Waals surface area contributed by atoms with E-state index in [1.165, 1.54) is 0 Å². The van der Waals surface area contributed by atoms with E-state index in [1.807, 2.05) is 0 Å². The van der Waals surface area contributed by atoms with Crippen LogP contribution in [0.4, 0.5) is 0 Å². The zero-order valence-electron chi connectivity index (χ0n) is 5.03. The molecule has 0 aromatic heterocycles. The minimum absolute atomic E-state index is 0. The van der Waals surface area contributed by atoms with Crippen molar-refractivity contribution in [3.05, 3.63) is 15.3 Å². The molecule has 0 rings (SSSR count). The monoisotopic (exact) mass is 272 g/mol. The van der Waals surface area contributed by atoms with E-state index in [0.29, 0.717) is 0 Å². The second kappa shape index (κ2) is 106. The minimum Gasteiger partial charge on any atom is -0.412 e. The van der Waals surface area contributed by atoms with Crippen molar-refractivity contribution in [2.45, 2.75) is 0 Å². The maximum atomic E-state index is 8.25. The van der Waals surface area contributed by atoms with E-state index < -0.39 is 5.09 Å². The van der Waals surface area contributed by atoms with Crippen LogP contribution in [0.5, 0.6) is 0 Å². The molecular weight excluding hydrogens is 259 g/mol. The van der Waals surface area contributed by atoms with Crippen molar-refractivity contribution in [1.29, 1.82) is 0 Å². The topological polar surface area (TPSA) is 255 Å². The van der Waals surface area contributed by atoms with E-state index in [9.17, 15) is 0 Å². The van der Waals surface area contributed by atoms with Gasteiger partial charge in [-0.3, -0.25) is 0 Å². The van der Waals surface area contributed by atoms with E-state index in [-0.39, 0.29) is 52.3 Å². The molecule has 0 aliphatic rings. The molecule has 0 aromatic carbocycles. The molecule has 12 N–H and O–H groups in total. The van der Waals surface area contributed by atoms with Crippen molar-refractivity contribution in [2.24, 2.45) is 0 Å². The van der Waals surface area contributed by atoms with E-state index in [2.05, 4.69) is 0 Å². The third-order valence-electron chi connectivity index (χ3n) is 0. The zero-order chi connectivity index (χ0) is 3.58. The summed E-state index contributed by atoms with van der Waals surface area (Å²) in [5.41, 5.74) is 0. The standard InChI is InChI=1S/NO3.6H2O.Ru/c2-1(3)4;;;;;;;/h;6*1H2;/q-1;;;;;;;+3. The average molecular weight is 271 g/mol. The molecule has 0 saturated heterocycles. The summed E-state index contributed by atoms with van der Waals surface area (Å²) in [6.45, 7) is 0. The predicted octanol–water partition coefficient (Wildman–Crippen LogP) is -5.19. The molecule has 11 heteroatoms. The van der Waals surface area contributed by atoms with Crippen LogP contribution in [0.1, 0.15) is 0 Å². The minimum atomic E-state index is -1.75. The quantitative estimate of drug-likeness (QED) is 0.237. The number of hydrogen-bond donors (Lipinski definition) is 0. The molecule has 0 aromatic rings. The molecule has 0 amide bonds. The van der Waals surface area contributed by atoms with Crippen LogP contribution >= 0.6 is 0 Å². The van der Waals surface area contributed by atoms with Gasteiger partial charge in [-0.1, -0.05) is 0 Å². The fraction of sp³-hybridized carbons (Fsp3) is 0. The van der Waals surface area contributed by atoms with E-state index in [4.69, 9.17) is 15.3 Å². The fourth-order valence-corrected chi connectivity index (χ4v) is 0. The van der Waals surface area contributed by atoms with E-state index in [1.54, 1.807) is 0 Å². The van der Waals surface area contributed by atoms with Gasteiger partial charge in [-0.25, -0.2) is 0 Å². The normalized spacial score (nSPS) is 2.18. The third kappa shape index (κ3) is 3180. The van der Waals surface area contributed by atoms with Gasteiger partial charge in [-0.2, -0.15) is 0 Å². The maximum Gasteiger partial charge on any atom is 3.00 e. The first-order valence-electron chi connectivity index (χ1n) is 0.548. The molecule has 10 nitrogen and oxygen atoms in total. The summed E-state index contributed by atoms with van der Waals surface area (Å²) < 4.78 is 0. The third-order valence-corrected chi connectivity index (χ3v) is 0. The van der Waals surface area contributed by atoms with Crippen LogP contribution in [0.25, 0.3) is 0 Å². The van der Waals surface area contributed by atoms with Crippen molar-refractivity contribution >= 4 is 0 Å². The molecule has 0 spiro atoms. The van der Waals surface area contributed by atoms with Crippen LogP contribution in [-0.2, 0) is 19.5 Å². The van der Waals surface area contributed by atoms with Crippen LogP contribution < -0.4 is 0 Å². The van der Waals surface area contributed by atoms with Gasteiger partial charge in [0.2, 0.25) is 0 Å². The summed E-state index contributed by atoms with van der Waals surface area (Å²) in [4.78, 5) is 8.25. The van der Waals surface area contributed by atoms with Crippen LogP contribution in [0.3, 0.4) is 0 Å². The van der Waals surface area contributed by atoms with Crippen LogP contribution in [0.2, 0.25) is 0 Å². The largest absolute Gasteiger partial charge is 3.00 e. The molecular formula is H12NO9Ru+2. The first-order valence-corrected chi connectivity index (χ1v) is 0.548. The molecule has 77 valence electrons. The Kier molecular flexibility index (Phi) is 1400. The molecule has 0 heterocycles. The van der Waals surface area contributed by atoms with Crippen molar-refractivity contribution in [3.63, 3.8) is 0 Å². The first-order chi connectivity index (χ1) is 1.73. The Hall–Kier alpha value is -0.417. The summed E-state index contributed by atoms with van der Waals surface area (Å²) in [5, 5.41) is 14.8. The van der Waals surface area contributed by atoms with Gasteiger partial charge in [0.1, 0.15) is 0 Å². The summed E-state index contributed by atoms with van der Waals surface area (Å²) >= 11 is 0. The van der Waals surface area contributed by atoms with E-state index in [0.717, 1.165) is 0 Å². The molecule has 0 unspecified atom stereocenters. The van der Waals surface area contributed by atoms with Gasteiger partial charge < -0.3 is 48.2 Å². The van der Waals surface area contributed by atoms with Crippen molar-refractivity contribution in [1.82, 2.24) is 0 Å². The summed E-state index contributed by atoms with van der Waals surface area (Å²) in [6, 6.07) is 0. The predicted molar refractivity (Wildman–Crippen MR) is 32.0 cm³/mol. The molecule has 1 radical (unpaired) electrons. The van der Waals surface area contributed by atoms with Crippen LogP contribution in [0.15, 0.2) is 0 Å². The SMILES string of the molecule is O.O.O.O.O.O.O=[N+]([O-])[O-].[Ru+3]. The smallest absolute Gasteiger partial charge is 0.412 e. The molecule has 0 aliphatic heterocycles. The van der Waals surface area contributed by atoms with Crippen molar-refractivity contribution < 1.29 is 57.4 Å². The van der Waals surface area contributed by atoms with Crippen molar-refractivity contribution in [2.75, 3.05) is 0 Å². The van der Waals surface area contributed by atoms with Gasteiger partial charge >= 0.3 is 19.5 Å². The summed E-state index contributed by atoms with van der Waals surface area (Å²) in [6.07, 6.45) is 0. The Labute approximate surface area is 73.5 Å². The van der Waals surface area contributed by atoms with Gasteiger partial charge in [0, 0.05) is 0 Å².